The highest BCUT2D eigenvalue weighted by atomic mass is 32.2. The quantitative estimate of drug-likeness (QED) is 0.628. The number of carbonyl (C=O) groups is 1. The van der Waals surface area contributed by atoms with Gasteiger partial charge in [-0.25, -0.2) is 8.42 Å². The molecule has 2 aromatic rings. The second kappa shape index (κ2) is 10.1. The summed E-state index contributed by atoms with van der Waals surface area (Å²) < 4.78 is 27.5. The Labute approximate surface area is 179 Å². The van der Waals surface area contributed by atoms with E-state index < -0.39 is 10.0 Å². The SMILES string of the molecule is Cc1ccc(S(=O)(=O)Nc2ccc(C(=O)NCCCN3CCN(C)CC3)cc2)cc1. The van der Waals surface area contributed by atoms with Crippen LogP contribution in [0, 0.1) is 6.92 Å². The molecule has 2 N–H and O–H groups in total. The van der Waals surface area contributed by atoms with Crippen molar-refractivity contribution in [2.24, 2.45) is 0 Å². The predicted molar refractivity (Wildman–Crippen MR) is 119 cm³/mol. The van der Waals surface area contributed by atoms with Crippen molar-refractivity contribution in [3.05, 3.63) is 59.7 Å². The van der Waals surface area contributed by atoms with Gasteiger partial charge in [0.25, 0.3) is 15.9 Å². The van der Waals surface area contributed by atoms with Crippen molar-refractivity contribution in [1.82, 2.24) is 15.1 Å². The molecule has 1 amide bonds. The summed E-state index contributed by atoms with van der Waals surface area (Å²) in [6.45, 7) is 7.83. The van der Waals surface area contributed by atoms with Gasteiger partial charge in [0.2, 0.25) is 0 Å². The van der Waals surface area contributed by atoms with Gasteiger partial charge < -0.3 is 15.1 Å². The average Bonchev–Trinajstić information content (AvgIpc) is 2.73. The van der Waals surface area contributed by atoms with E-state index in [4.69, 9.17) is 0 Å². The van der Waals surface area contributed by atoms with Crippen LogP contribution in [0.4, 0.5) is 5.69 Å². The van der Waals surface area contributed by atoms with E-state index in [-0.39, 0.29) is 10.8 Å². The molecule has 3 rings (SSSR count). The Morgan fingerprint density at radius 2 is 1.60 bits per heavy atom. The van der Waals surface area contributed by atoms with Gasteiger partial charge in [0.05, 0.1) is 4.90 Å². The van der Waals surface area contributed by atoms with Crippen LogP contribution in [0.25, 0.3) is 0 Å². The highest BCUT2D eigenvalue weighted by Crippen LogP contribution is 2.17. The fourth-order valence-electron chi connectivity index (χ4n) is 3.30. The molecule has 0 aliphatic carbocycles. The largest absolute Gasteiger partial charge is 0.352 e. The topological polar surface area (TPSA) is 81.7 Å². The number of carbonyl (C=O) groups excluding carboxylic acids is 1. The fourth-order valence-corrected chi connectivity index (χ4v) is 4.36. The summed E-state index contributed by atoms with van der Waals surface area (Å²) in [4.78, 5) is 17.3. The molecule has 162 valence electrons. The number of benzene rings is 2. The normalized spacial score (nSPS) is 15.7. The summed E-state index contributed by atoms with van der Waals surface area (Å²) in [5, 5.41) is 2.93. The molecule has 0 aromatic heterocycles. The van der Waals surface area contributed by atoms with E-state index in [0.717, 1.165) is 44.7 Å². The summed E-state index contributed by atoms with van der Waals surface area (Å²) in [7, 11) is -1.52. The molecule has 0 saturated carbocycles. The first kappa shape index (κ1) is 22.3. The summed E-state index contributed by atoms with van der Waals surface area (Å²) in [5.41, 5.74) is 1.92. The summed E-state index contributed by atoms with van der Waals surface area (Å²) in [5.74, 6) is -0.152. The van der Waals surface area contributed by atoms with E-state index in [1.165, 1.54) is 0 Å². The number of hydrogen-bond acceptors (Lipinski definition) is 5. The van der Waals surface area contributed by atoms with E-state index in [1.54, 1.807) is 48.5 Å². The molecule has 0 atom stereocenters. The van der Waals surface area contributed by atoms with E-state index in [9.17, 15) is 13.2 Å². The second-order valence-electron chi connectivity index (χ2n) is 7.75. The minimum absolute atomic E-state index is 0.152. The number of anilines is 1. The van der Waals surface area contributed by atoms with Crippen molar-refractivity contribution in [3.8, 4) is 0 Å². The Morgan fingerprint density at radius 1 is 0.967 bits per heavy atom. The maximum absolute atomic E-state index is 12.5. The Hall–Kier alpha value is -2.42. The predicted octanol–water partition coefficient (Wildman–Crippen LogP) is 2.16. The lowest BCUT2D eigenvalue weighted by atomic mass is 10.2. The monoisotopic (exact) mass is 430 g/mol. The zero-order valence-electron chi connectivity index (χ0n) is 17.6. The Morgan fingerprint density at radius 3 is 2.23 bits per heavy atom. The smallest absolute Gasteiger partial charge is 0.261 e. The molecule has 30 heavy (non-hydrogen) atoms. The van der Waals surface area contributed by atoms with Crippen LogP contribution in [-0.4, -0.2) is 70.4 Å². The first-order chi connectivity index (χ1) is 14.3. The lowest BCUT2D eigenvalue weighted by Crippen LogP contribution is -2.45. The number of hydrogen-bond donors (Lipinski definition) is 2. The average molecular weight is 431 g/mol. The fraction of sp³-hybridized carbons (Fsp3) is 0.409. The van der Waals surface area contributed by atoms with Crippen molar-refractivity contribution in [2.45, 2.75) is 18.2 Å². The summed E-state index contributed by atoms with van der Waals surface area (Å²) >= 11 is 0. The molecule has 7 nitrogen and oxygen atoms in total. The van der Waals surface area contributed by atoms with Crippen LogP contribution in [-0.2, 0) is 10.0 Å². The standard InChI is InChI=1S/C22H30N4O3S/c1-18-4-10-21(11-5-18)30(28,29)24-20-8-6-19(7-9-20)22(27)23-12-3-13-26-16-14-25(2)15-17-26/h4-11,24H,3,12-17H2,1-2H3,(H,23,27). The van der Waals surface area contributed by atoms with E-state index in [0.29, 0.717) is 17.8 Å². The van der Waals surface area contributed by atoms with Crippen molar-refractivity contribution in [3.63, 3.8) is 0 Å². The second-order valence-corrected chi connectivity index (χ2v) is 9.43. The minimum atomic E-state index is -3.65. The van der Waals surface area contributed by atoms with Crippen molar-refractivity contribution >= 4 is 21.6 Å². The zero-order chi connectivity index (χ0) is 21.6. The highest BCUT2D eigenvalue weighted by molar-refractivity contribution is 7.92. The molecular formula is C22H30N4O3S. The molecule has 0 radical (unpaired) electrons. The maximum Gasteiger partial charge on any atom is 0.261 e. The third kappa shape index (κ3) is 6.29. The van der Waals surface area contributed by atoms with E-state index >= 15 is 0 Å². The Kier molecular flexibility index (Phi) is 7.47. The molecule has 0 unspecified atom stereocenters. The van der Waals surface area contributed by atoms with Crippen LogP contribution in [0.2, 0.25) is 0 Å². The summed E-state index contributed by atoms with van der Waals surface area (Å²) in [6.07, 6.45) is 0.907. The molecule has 0 spiro atoms. The first-order valence-corrected chi connectivity index (χ1v) is 11.7. The Balaban J connectivity index is 1.46. The number of sulfonamides is 1. The lowest BCUT2D eigenvalue weighted by molar-refractivity contribution is 0.0949. The van der Waals surface area contributed by atoms with Crippen molar-refractivity contribution in [1.29, 1.82) is 0 Å². The Bertz CT molecular complexity index is 935. The maximum atomic E-state index is 12.5. The number of piperazine rings is 1. The third-order valence-corrected chi connectivity index (χ3v) is 6.66. The van der Waals surface area contributed by atoms with Crippen molar-refractivity contribution in [2.75, 3.05) is 51.0 Å². The number of amides is 1. The van der Waals surface area contributed by atoms with Gasteiger partial charge in [0.15, 0.2) is 0 Å². The number of likely N-dealkylation sites (N-methyl/N-ethyl adjacent to an activating group) is 1. The van der Waals surface area contributed by atoms with Crippen LogP contribution in [0.5, 0.6) is 0 Å². The molecule has 0 bridgehead atoms. The number of aryl methyl sites for hydroxylation is 1. The van der Waals surface area contributed by atoms with Gasteiger partial charge in [0, 0.05) is 44.0 Å². The molecule has 1 heterocycles. The molecule has 2 aromatic carbocycles. The van der Waals surface area contributed by atoms with Gasteiger partial charge in [-0.05, 0) is 63.3 Å². The van der Waals surface area contributed by atoms with Gasteiger partial charge in [0.1, 0.15) is 0 Å². The number of nitrogens with zero attached hydrogens (tertiary/aromatic N) is 2. The molecule has 1 fully saturated rings. The highest BCUT2D eigenvalue weighted by Gasteiger charge is 2.15. The van der Waals surface area contributed by atoms with Gasteiger partial charge in [-0.15, -0.1) is 0 Å². The van der Waals surface area contributed by atoms with Gasteiger partial charge in [-0.1, -0.05) is 17.7 Å². The van der Waals surface area contributed by atoms with E-state index in [1.807, 2.05) is 6.92 Å². The first-order valence-electron chi connectivity index (χ1n) is 10.2. The van der Waals surface area contributed by atoms with Gasteiger partial charge in [-0.2, -0.15) is 0 Å². The van der Waals surface area contributed by atoms with Crippen molar-refractivity contribution < 1.29 is 13.2 Å². The van der Waals surface area contributed by atoms with Crippen LogP contribution < -0.4 is 10.0 Å². The zero-order valence-corrected chi connectivity index (χ0v) is 18.4. The molecular weight excluding hydrogens is 400 g/mol. The number of nitrogens with one attached hydrogen (secondary N) is 2. The van der Waals surface area contributed by atoms with Crippen LogP contribution in [0.1, 0.15) is 22.3 Å². The van der Waals surface area contributed by atoms with Gasteiger partial charge >= 0.3 is 0 Å². The van der Waals surface area contributed by atoms with Gasteiger partial charge in [-0.3, -0.25) is 9.52 Å². The van der Waals surface area contributed by atoms with Crippen LogP contribution >= 0.6 is 0 Å². The molecule has 8 heteroatoms. The molecule has 1 saturated heterocycles. The summed E-state index contributed by atoms with van der Waals surface area (Å²) in [6, 6.07) is 13.1. The van der Waals surface area contributed by atoms with E-state index in [2.05, 4.69) is 26.9 Å². The number of rotatable bonds is 8. The van der Waals surface area contributed by atoms with Crippen LogP contribution in [0.15, 0.2) is 53.4 Å². The molecule has 1 aliphatic rings. The van der Waals surface area contributed by atoms with Crippen LogP contribution in [0.3, 0.4) is 0 Å². The lowest BCUT2D eigenvalue weighted by Gasteiger charge is -2.32. The third-order valence-electron chi connectivity index (χ3n) is 5.26. The minimum Gasteiger partial charge on any atom is -0.352 e. The molecule has 1 aliphatic heterocycles.